The minimum absolute atomic E-state index is 0.160. The summed E-state index contributed by atoms with van der Waals surface area (Å²) in [6.07, 6.45) is 6.02. The number of anilines is 2. The first kappa shape index (κ1) is 20.5. The van der Waals surface area contributed by atoms with Gasteiger partial charge in [0, 0.05) is 36.5 Å². The zero-order valence-corrected chi connectivity index (χ0v) is 18.9. The number of rotatable bonds is 5. The molecule has 1 unspecified atom stereocenters. The Morgan fingerprint density at radius 3 is 2.82 bits per heavy atom. The first-order valence-electron chi connectivity index (χ1n) is 11.3. The standard InChI is InChI=1S/C25H23FN8/c1-15-3-4-16(12-20(15)26)11-17-5-6-19-13-18(14-23-31-32-24(17)34(19)23)21-7-9-27-25(29-21)30-22-8-10-28-33(22)2/h3-4,7-10,12-14,17H,5-6,11H2,1-2H3,(H,27,29,30). The van der Waals surface area contributed by atoms with Gasteiger partial charge in [0.1, 0.15) is 17.5 Å². The first-order chi connectivity index (χ1) is 16.5. The predicted molar refractivity (Wildman–Crippen MR) is 126 cm³/mol. The lowest BCUT2D eigenvalue weighted by Gasteiger charge is -2.23. The summed E-state index contributed by atoms with van der Waals surface area (Å²) in [5, 5.41) is 16.3. The van der Waals surface area contributed by atoms with Crippen LogP contribution < -0.4 is 5.32 Å². The molecule has 5 aromatic rings. The summed E-state index contributed by atoms with van der Waals surface area (Å²) in [6.45, 7) is 1.78. The van der Waals surface area contributed by atoms with E-state index in [2.05, 4.69) is 36.1 Å². The van der Waals surface area contributed by atoms with Gasteiger partial charge in [-0.3, -0.25) is 9.08 Å². The van der Waals surface area contributed by atoms with Crippen molar-refractivity contribution >= 4 is 17.4 Å². The average Bonchev–Trinajstić information content (AvgIpc) is 3.45. The predicted octanol–water partition coefficient (Wildman–Crippen LogP) is 4.38. The number of halogens is 1. The van der Waals surface area contributed by atoms with E-state index in [1.54, 1.807) is 30.1 Å². The van der Waals surface area contributed by atoms with Crippen molar-refractivity contribution in [2.75, 3.05) is 5.32 Å². The molecule has 0 bridgehead atoms. The molecule has 4 aromatic heterocycles. The molecule has 9 heteroatoms. The van der Waals surface area contributed by atoms with Gasteiger partial charge in [-0.1, -0.05) is 12.1 Å². The molecule has 1 aliphatic rings. The lowest BCUT2D eigenvalue weighted by molar-refractivity contribution is 0.536. The van der Waals surface area contributed by atoms with E-state index >= 15 is 0 Å². The van der Waals surface area contributed by atoms with Crippen LogP contribution in [-0.4, -0.2) is 34.3 Å². The van der Waals surface area contributed by atoms with E-state index in [4.69, 9.17) is 4.98 Å². The number of pyridine rings is 1. The average molecular weight is 455 g/mol. The van der Waals surface area contributed by atoms with Crippen LogP contribution in [0, 0.1) is 12.7 Å². The van der Waals surface area contributed by atoms with Crippen LogP contribution in [0.25, 0.3) is 16.9 Å². The number of nitrogens with one attached hydrogen (secondary N) is 1. The van der Waals surface area contributed by atoms with Crippen LogP contribution in [0.3, 0.4) is 0 Å². The van der Waals surface area contributed by atoms with Gasteiger partial charge in [0.15, 0.2) is 5.65 Å². The zero-order valence-electron chi connectivity index (χ0n) is 18.9. The van der Waals surface area contributed by atoms with E-state index in [9.17, 15) is 4.39 Å². The summed E-state index contributed by atoms with van der Waals surface area (Å²) < 4.78 is 17.9. The largest absolute Gasteiger partial charge is 0.309 e. The Labute approximate surface area is 195 Å². The maximum atomic E-state index is 14.0. The van der Waals surface area contributed by atoms with Crippen LogP contribution >= 0.6 is 0 Å². The van der Waals surface area contributed by atoms with E-state index < -0.39 is 0 Å². The van der Waals surface area contributed by atoms with E-state index in [0.717, 1.165) is 59.1 Å². The quantitative estimate of drug-likeness (QED) is 0.424. The van der Waals surface area contributed by atoms with Gasteiger partial charge in [-0.05, 0) is 61.6 Å². The van der Waals surface area contributed by atoms with Crippen molar-refractivity contribution in [2.24, 2.45) is 7.05 Å². The maximum Gasteiger partial charge on any atom is 0.228 e. The van der Waals surface area contributed by atoms with Gasteiger partial charge in [-0.15, -0.1) is 10.2 Å². The molecule has 1 aliphatic heterocycles. The second-order valence-corrected chi connectivity index (χ2v) is 8.74. The molecule has 0 aliphatic carbocycles. The second kappa shape index (κ2) is 8.02. The molecule has 0 radical (unpaired) electrons. The van der Waals surface area contributed by atoms with Crippen LogP contribution in [0.5, 0.6) is 0 Å². The molecule has 6 rings (SSSR count). The lowest BCUT2D eigenvalue weighted by atomic mass is 9.90. The van der Waals surface area contributed by atoms with E-state index in [0.29, 0.717) is 11.5 Å². The Hall–Kier alpha value is -4.14. The molecule has 5 heterocycles. The summed E-state index contributed by atoms with van der Waals surface area (Å²) in [7, 11) is 1.86. The van der Waals surface area contributed by atoms with Crippen molar-refractivity contribution < 1.29 is 4.39 Å². The Balaban J connectivity index is 1.31. The molecule has 0 amide bonds. The van der Waals surface area contributed by atoms with Crippen molar-refractivity contribution in [3.63, 3.8) is 0 Å². The number of hydrogen-bond acceptors (Lipinski definition) is 6. The molecular weight excluding hydrogens is 431 g/mol. The Morgan fingerprint density at radius 2 is 2.00 bits per heavy atom. The summed E-state index contributed by atoms with van der Waals surface area (Å²) in [5.74, 6) is 2.28. The van der Waals surface area contributed by atoms with Gasteiger partial charge < -0.3 is 5.32 Å². The van der Waals surface area contributed by atoms with Crippen molar-refractivity contribution in [1.82, 2.24) is 34.3 Å². The fourth-order valence-corrected chi connectivity index (χ4v) is 4.60. The van der Waals surface area contributed by atoms with E-state index in [1.807, 2.05) is 37.4 Å². The number of nitrogens with zero attached hydrogens (tertiary/aromatic N) is 7. The SMILES string of the molecule is Cc1ccc(CC2CCc3cc(-c4ccnc(Nc5ccnn5C)n4)cc4nnc2n34)cc1F. The third-order valence-corrected chi connectivity index (χ3v) is 6.45. The maximum absolute atomic E-state index is 14.0. The number of aromatic nitrogens is 7. The highest BCUT2D eigenvalue weighted by atomic mass is 19.1. The molecule has 0 saturated carbocycles. The molecule has 170 valence electrons. The number of hydrogen-bond donors (Lipinski definition) is 1. The molecule has 1 aromatic carbocycles. The monoisotopic (exact) mass is 454 g/mol. The van der Waals surface area contributed by atoms with Crippen LogP contribution in [0.1, 0.15) is 35.0 Å². The molecule has 0 spiro atoms. The van der Waals surface area contributed by atoms with Crippen molar-refractivity contribution in [3.8, 4) is 11.3 Å². The van der Waals surface area contributed by atoms with Gasteiger partial charge in [0.25, 0.3) is 0 Å². The highest BCUT2D eigenvalue weighted by molar-refractivity contribution is 5.66. The molecular formula is C25H23FN8. The molecule has 34 heavy (non-hydrogen) atoms. The van der Waals surface area contributed by atoms with Crippen LogP contribution in [0.15, 0.2) is 54.9 Å². The summed E-state index contributed by atoms with van der Waals surface area (Å²) in [5.41, 5.74) is 5.37. The van der Waals surface area contributed by atoms with Gasteiger partial charge >= 0.3 is 0 Å². The summed E-state index contributed by atoms with van der Waals surface area (Å²) in [4.78, 5) is 9.04. The molecule has 0 saturated heterocycles. The van der Waals surface area contributed by atoms with Gasteiger partial charge in [-0.2, -0.15) is 5.10 Å². The van der Waals surface area contributed by atoms with Crippen molar-refractivity contribution in [2.45, 2.75) is 32.1 Å². The fourth-order valence-electron chi connectivity index (χ4n) is 4.60. The van der Waals surface area contributed by atoms with E-state index in [-0.39, 0.29) is 11.7 Å². The number of benzene rings is 1. The summed E-state index contributed by atoms with van der Waals surface area (Å²) in [6, 6.07) is 13.4. The minimum atomic E-state index is -0.160. The van der Waals surface area contributed by atoms with Crippen LogP contribution in [0.4, 0.5) is 16.2 Å². The Bertz CT molecular complexity index is 1520. The smallest absolute Gasteiger partial charge is 0.228 e. The third-order valence-electron chi connectivity index (χ3n) is 6.45. The lowest BCUT2D eigenvalue weighted by Crippen LogP contribution is -2.17. The molecule has 0 fully saturated rings. The molecule has 1 N–H and O–H groups in total. The van der Waals surface area contributed by atoms with Gasteiger partial charge in [0.2, 0.25) is 5.95 Å². The van der Waals surface area contributed by atoms with Crippen LogP contribution in [-0.2, 0) is 19.9 Å². The summed E-state index contributed by atoms with van der Waals surface area (Å²) >= 11 is 0. The zero-order chi connectivity index (χ0) is 23.2. The van der Waals surface area contributed by atoms with Crippen molar-refractivity contribution in [3.05, 3.63) is 83.3 Å². The van der Waals surface area contributed by atoms with E-state index in [1.165, 1.54) is 0 Å². The topological polar surface area (TPSA) is 85.8 Å². The highest BCUT2D eigenvalue weighted by Crippen LogP contribution is 2.33. The minimum Gasteiger partial charge on any atom is -0.309 e. The first-order valence-corrected chi connectivity index (χ1v) is 11.3. The second-order valence-electron chi connectivity index (χ2n) is 8.74. The highest BCUT2D eigenvalue weighted by Gasteiger charge is 2.26. The molecule has 8 nitrogen and oxygen atoms in total. The Morgan fingerprint density at radius 1 is 1.09 bits per heavy atom. The van der Waals surface area contributed by atoms with Gasteiger partial charge in [0.05, 0.1) is 11.9 Å². The number of aryl methyl sites for hydroxylation is 3. The fraction of sp³-hybridized carbons (Fsp3) is 0.240. The van der Waals surface area contributed by atoms with Crippen LogP contribution in [0.2, 0.25) is 0 Å². The molecule has 1 atom stereocenters. The Kier molecular flexibility index (Phi) is 4.83. The van der Waals surface area contributed by atoms with Crippen molar-refractivity contribution in [1.29, 1.82) is 0 Å². The normalized spacial score (nSPS) is 15.1. The van der Waals surface area contributed by atoms with Gasteiger partial charge in [-0.25, -0.2) is 14.4 Å². The third kappa shape index (κ3) is 3.59.